The highest BCUT2D eigenvalue weighted by Crippen LogP contribution is 2.10. The molecule has 0 amide bonds. The van der Waals surface area contributed by atoms with Crippen molar-refractivity contribution in [2.75, 3.05) is 18.5 Å². The highest BCUT2D eigenvalue weighted by Gasteiger charge is 1.98. The van der Waals surface area contributed by atoms with E-state index in [9.17, 15) is 0 Å². The van der Waals surface area contributed by atoms with Gasteiger partial charge in [-0.05, 0) is 31.4 Å². The third kappa shape index (κ3) is 2.52. The standard InChI is InChI=1S/C12H17N3O/c16-10-3-1-2-7-13-11-5-4-6-12-14-8-9-15(11)12/h4-6,8-9,13,16H,1-3,7,10H2. The molecule has 0 bridgehead atoms. The number of rotatable bonds is 6. The second-order valence-corrected chi connectivity index (χ2v) is 3.78. The Bertz CT molecular complexity index is 439. The Labute approximate surface area is 94.9 Å². The Kier molecular flexibility index (Phi) is 3.77. The van der Waals surface area contributed by atoms with Gasteiger partial charge in [-0.2, -0.15) is 0 Å². The predicted molar refractivity (Wildman–Crippen MR) is 64.6 cm³/mol. The van der Waals surface area contributed by atoms with Crippen LogP contribution in [0, 0.1) is 0 Å². The van der Waals surface area contributed by atoms with Gasteiger partial charge in [0.15, 0.2) is 0 Å². The van der Waals surface area contributed by atoms with E-state index in [2.05, 4.69) is 10.3 Å². The summed E-state index contributed by atoms with van der Waals surface area (Å²) in [6, 6.07) is 6.02. The topological polar surface area (TPSA) is 49.6 Å². The number of fused-ring (bicyclic) bond motifs is 1. The normalized spacial score (nSPS) is 10.8. The zero-order valence-corrected chi connectivity index (χ0v) is 9.26. The molecule has 0 aliphatic rings. The monoisotopic (exact) mass is 219 g/mol. The zero-order chi connectivity index (χ0) is 11.2. The highest BCUT2D eigenvalue weighted by atomic mass is 16.2. The van der Waals surface area contributed by atoms with Crippen LogP contribution >= 0.6 is 0 Å². The lowest BCUT2D eigenvalue weighted by Crippen LogP contribution is -2.05. The fourth-order valence-electron chi connectivity index (χ4n) is 1.72. The molecule has 0 spiro atoms. The lowest BCUT2D eigenvalue weighted by molar-refractivity contribution is 0.283. The molecule has 0 saturated heterocycles. The summed E-state index contributed by atoms with van der Waals surface area (Å²) in [4.78, 5) is 4.23. The zero-order valence-electron chi connectivity index (χ0n) is 9.26. The third-order valence-corrected chi connectivity index (χ3v) is 2.57. The quantitative estimate of drug-likeness (QED) is 0.730. The van der Waals surface area contributed by atoms with E-state index in [1.165, 1.54) is 0 Å². The van der Waals surface area contributed by atoms with Crippen LogP contribution in [0.2, 0.25) is 0 Å². The summed E-state index contributed by atoms with van der Waals surface area (Å²) in [5, 5.41) is 12.0. The van der Waals surface area contributed by atoms with Gasteiger partial charge in [0.25, 0.3) is 0 Å². The molecule has 86 valence electrons. The number of nitrogens with zero attached hydrogens (tertiary/aromatic N) is 2. The van der Waals surface area contributed by atoms with Gasteiger partial charge in [0, 0.05) is 25.5 Å². The summed E-state index contributed by atoms with van der Waals surface area (Å²) < 4.78 is 2.03. The van der Waals surface area contributed by atoms with Crippen molar-refractivity contribution < 1.29 is 5.11 Å². The largest absolute Gasteiger partial charge is 0.396 e. The molecular formula is C12H17N3O. The van der Waals surface area contributed by atoms with Crippen LogP contribution in [0.25, 0.3) is 5.65 Å². The molecule has 2 N–H and O–H groups in total. The van der Waals surface area contributed by atoms with E-state index in [4.69, 9.17) is 5.11 Å². The van der Waals surface area contributed by atoms with E-state index in [1.807, 2.05) is 28.8 Å². The fourth-order valence-corrected chi connectivity index (χ4v) is 1.72. The van der Waals surface area contributed by atoms with Gasteiger partial charge in [0.1, 0.15) is 11.5 Å². The maximum absolute atomic E-state index is 8.66. The Morgan fingerprint density at radius 1 is 1.25 bits per heavy atom. The number of unbranched alkanes of at least 4 members (excludes halogenated alkanes) is 2. The van der Waals surface area contributed by atoms with Crippen molar-refractivity contribution in [3.63, 3.8) is 0 Å². The van der Waals surface area contributed by atoms with E-state index in [-0.39, 0.29) is 6.61 Å². The van der Waals surface area contributed by atoms with Crippen molar-refractivity contribution in [2.45, 2.75) is 19.3 Å². The summed E-state index contributed by atoms with van der Waals surface area (Å²) in [7, 11) is 0. The SMILES string of the molecule is OCCCCCNc1cccc2nccn12. The van der Waals surface area contributed by atoms with Crippen LogP contribution in [0.5, 0.6) is 0 Å². The Morgan fingerprint density at radius 3 is 3.06 bits per heavy atom. The summed E-state index contributed by atoms with van der Waals surface area (Å²) in [5.74, 6) is 1.07. The number of aliphatic hydroxyl groups excluding tert-OH is 1. The van der Waals surface area contributed by atoms with Crippen LogP contribution < -0.4 is 5.32 Å². The lowest BCUT2D eigenvalue weighted by atomic mass is 10.2. The van der Waals surface area contributed by atoms with Gasteiger partial charge in [-0.25, -0.2) is 4.98 Å². The highest BCUT2D eigenvalue weighted by molar-refractivity contribution is 5.49. The van der Waals surface area contributed by atoms with Crippen LogP contribution in [-0.4, -0.2) is 27.6 Å². The molecular weight excluding hydrogens is 202 g/mol. The number of anilines is 1. The average molecular weight is 219 g/mol. The first-order valence-electron chi connectivity index (χ1n) is 5.68. The summed E-state index contributed by atoms with van der Waals surface area (Å²) in [6.45, 7) is 1.22. The molecule has 0 radical (unpaired) electrons. The molecule has 2 aromatic rings. The van der Waals surface area contributed by atoms with Crippen molar-refractivity contribution in [3.05, 3.63) is 30.6 Å². The average Bonchev–Trinajstić information content (AvgIpc) is 2.77. The van der Waals surface area contributed by atoms with Gasteiger partial charge in [-0.3, -0.25) is 4.40 Å². The molecule has 0 unspecified atom stereocenters. The molecule has 2 rings (SSSR count). The molecule has 16 heavy (non-hydrogen) atoms. The maximum atomic E-state index is 8.66. The molecule has 4 nitrogen and oxygen atoms in total. The van der Waals surface area contributed by atoms with Crippen LogP contribution in [-0.2, 0) is 0 Å². The van der Waals surface area contributed by atoms with Gasteiger partial charge in [0.05, 0.1) is 0 Å². The van der Waals surface area contributed by atoms with Gasteiger partial charge < -0.3 is 10.4 Å². The van der Waals surface area contributed by atoms with Gasteiger partial charge in [-0.15, -0.1) is 0 Å². The summed E-state index contributed by atoms with van der Waals surface area (Å²) >= 11 is 0. The molecule has 2 aromatic heterocycles. The second-order valence-electron chi connectivity index (χ2n) is 3.78. The van der Waals surface area contributed by atoms with Crippen molar-refractivity contribution >= 4 is 11.5 Å². The molecule has 0 saturated carbocycles. The van der Waals surface area contributed by atoms with Crippen molar-refractivity contribution in [1.29, 1.82) is 0 Å². The predicted octanol–water partition coefficient (Wildman–Crippen LogP) is 1.91. The van der Waals surface area contributed by atoms with E-state index in [1.54, 1.807) is 6.20 Å². The molecule has 0 aromatic carbocycles. The first kappa shape index (κ1) is 11.0. The van der Waals surface area contributed by atoms with Crippen LogP contribution in [0.15, 0.2) is 30.6 Å². The van der Waals surface area contributed by atoms with Crippen LogP contribution in [0.1, 0.15) is 19.3 Å². The van der Waals surface area contributed by atoms with E-state index in [0.717, 1.165) is 37.3 Å². The first-order chi connectivity index (χ1) is 7.92. The van der Waals surface area contributed by atoms with E-state index < -0.39 is 0 Å². The maximum Gasteiger partial charge on any atom is 0.138 e. The molecule has 0 fully saturated rings. The Hall–Kier alpha value is -1.55. The number of aromatic nitrogens is 2. The third-order valence-electron chi connectivity index (χ3n) is 2.57. The van der Waals surface area contributed by atoms with Gasteiger partial charge in [-0.1, -0.05) is 6.07 Å². The minimum atomic E-state index is 0.289. The van der Waals surface area contributed by atoms with Gasteiger partial charge >= 0.3 is 0 Å². The molecule has 0 atom stereocenters. The van der Waals surface area contributed by atoms with Gasteiger partial charge in [0.2, 0.25) is 0 Å². The molecule has 0 aliphatic carbocycles. The number of imidazole rings is 1. The number of nitrogens with one attached hydrogen (secondary N) is 1. The minimum absolute atomic E-state index is 0.289. The lowest BCUT2D eigenvalue weighted by Gasteiger charge is -2.08. The molecule has 4 heteroatoms. The summed E-state index contributed by atoms with van der Waals surface area (Å²) in [6.07, 6.45) is 6.77. The number of hydrogen-bond acceptors (Lipinski definition) is 3. The number of pyridine rings is 1. The van der Waals surface area contributed by atoms with Crippen LogP contribution in [0.3, 0.4) is 0 Å². The Morgan fingerprint density at radius 2 is 2.19 bits per heavy atom. The van der Waals surface area contributed by atoms with Crippen molar-refractivity contribution in [1.82, 2.24) is 9.38 Å². The number of hydrogen-bond donors (Lipinski definition) is 2. The van der Waals surface area contributed by atoms with E-state index in [0.29, 0.717) is 0 Å². The molecule has 0 aliphatic heterocycles. The summed E-state index contributed by atoms with van der Waals surface area (Å²) in [5.41, 5.74) is 0.959. The van der Waals surface area contributed by atoms with Crippen molar-refractivity contribution in [3.8, 4) is 0 Å². The Balaban J connectivity index is 1.91. The first-order valence-corrected chi connectivity index (χ1v) is 5.68. The molecule has 2 heterocycles. The number of aliphatic hydroxyl groups is 1. The van der Waals surface area contributed by atoms with Crippen LogP contribution in [0.4, 0.5) is 5.82 Å². The van der Waals surface area contributed by atoms with E-state index >= 15 is 0 Å². The smallest absolute Gasteiger partial charge is 0.138 e. The minimum Gasteiger partial charge on any atom is -0.396 e. The van der Waals surface area contributed by atoms with Crippen molar-refractivity contribution in [2.24, 2.45) is 0 Å². The fraction of sp³-hybridized carbons (Fsp3) is 0.417. The second kappa shape index (κ2) is 5.51.